The van der Waals surface area contributed by atoms with Crippen molar-refractivity contribution >= 4 is 12.6 Å². The summed E-state index contributed by atoms with van der Waals surface area (Å²) in [4.78, 5) is 2.29. The van der Waals surface area contributed by atoms with Gasteiger partial charge in [0.05, 0.1) is 0 Å². The van der Waals surface area contributed by atoms with Gasteiger partial charge in [-0.05, 0) is 42.8 Å². The minimum atomic E-state index is -1.61. The second-order valence-corrected chi connectivity index (χ2v) is 5.89. The minimum absolute atomic E-state index is 0.198. The van der Waals surface area contributed by atoms with Crippen molar-refractivity contribution in [3.05, 3.63) is 29.6 Å². The van der Waals surface area contributed by atoms with E-state index in [4.69, 9.17) is 10.0 Å². The van der Waals surface area contributed by atoms with Gasteiger partial charge in [0.2, 0.25) is 0 Å². The molecular weight excluding hydrogens is 256 g/mol. The van der Waals surface area contributed by atoms with Crippen LogP contribution in [0.2, 0.25) is 0 Å². The Morgan fingerprint density at radius 2 is 2.00 bits per heavy atom. The van der Waals surface area contributed by atoms with Crippen molar-refractivity contribution in [2.45, 2.75) is 39.7 Å². The molecule has 2 N–H and O–H groups in total. The fourth-order valence-corrected chi connectivity index (χ4v) is 3.08. The van der Waals surface area contributed by atoms with E-state index in [-0.39, 0.29) is 11.3 Å². The lowest BCUT2D eigenvalue weighted by Gasteiger charge is -2.26. The molecular formula is C15H23BFNO2. The van der Waals surface area contributed by atoms with Crippen molar-refractivity contribution < 1.29 is 14.4 Å². The Morgan fingerprint density at radius 1 is 1.30 bits per heavy atom. The molecule has 0 radical (unpaired) electrons. The van der Waals surface area contributed by atoms with Gasteiger partial charge in [-0.15, -0.1) is 0 Å². The van der Waals surface area contributed by atoms with Gasteiger partial charge in [-0.3, -0.25) is 4.90 Å². The third kappa shape index (κ3) is 3.22. The summed E-state index contributed by atoms with van der Waals surface area (Å²) in [5, 5.41) is 18.1. The summed E-state index contributed by atoms with van der Waals surface area (Å²) in [6.07, 6.45) is 3.51. The van der Waals surface area contributed by atoms with Crippen molar-refractivity contribution in [3.8, 4) is 0 Å². The van der Waals surface area contributed by atoms with E-state index in [2.05, 4.69) is 18.7 Å². The van der Waals surface area contributed by atoms with Crippen LogP contribution in [-0.4, -0.2) is 35.2 Å². The first kappa shape index (κ1) is 15.5. The molecule has 1 aromatic carbocycles. The Bertz CT molecular complexity index is 463. The van der Waals surface area contributed by atoms with Gasteiger partial charge in [0, 0.05) is 18.7 Å². The zero-order chi connectivity index (χ0) is 14.8. The molecule has 2 rings (SSSR count). The summed E-state index contributed by atoms with van der Waals surface area (Å²) in [7, 11) is -1.61. The van der Waals surface area contributed by atoms with Crippen LogP contribution in [0.3, 0.4) is 0 Å². The SMILES string of the molecule is CCC1(CC)CCN(Cc2ccc(B(O)O)cc2F)C1. The largest absolute Gasteiger partial charge is 0.488 e. The fraction of sp³-hybridized carbons (Fsp3) is 0.600. The molecule has 1 heterocycles. The van der Waals surface area contributed by atoms with Crippen LogP contribution in [0.1, 0.15) is 38.7 Å². The zero-order valence-electron chi connectivity index (χ0n) is 12.3. The van der Waals surface area contributed by atoms with Crippen molar-refractivity contribution in [3.63, 3.8) is 0 Å². The van der Waals surface area contributed by atoms with Gasteiger partial charge in [-0.25, -0.2) is 4.39 Å². The monoisotopic (exact) mass is 279 g/mol. The zero-order valence-corrected chi connectivity index (χ0v) is 12.3. The maximum atomic E-state index is 14.0. The number of rotatable bonds is 5. The molecule has 0 amide bonds. The van der Waals surface area contributed by atoms with E-state index in [1.54, 1.807) is 12.1 Å². The van der Waals surface area contributed by atoms with E-state index in [9.17, 15) is 4.39 Å². The van der Waals surface area contributed by atoms with Crippen LogP contribution in [0.25, 0.3) is 0 Å². The first-order valence-electron chi connectivity index (χ1n) is 7.36. The number of hydrogen-bond donors (Lipinski definition) is 2. The molecule has 1 fully saturated rings. The van der Waals surface area contributed by atoms with Gasteiger partial charge >= 0.3 is 7.12 Å². The van der Waals surface area contributed by atoms with Crippen LogP contribution in [0.15, 0.2) is 18.2 Å². The highest BCUT2D eigenvalue weighted by Crippen LogP contribution is 2.37. The number of benzene rings is 1. The van der Waals surface area contributed by atoms with Crippen LogP contribution < -0.4 is 5.46 Å². The first-order chi connectivity index (χ1) is 9.49. The van der Waals surface area contributed by atoms with Gasteiger partial charge in [0.25, 0.3) is 0 Å². The predicted molar refractivity (Wildman–Crippen MR) is 79.1 cm³/mol. The van der Waals surface area contributed by atoms with E-state index < -0.39 is 7.12 Å². The molecule has 1 aliphatic rings. The van der Waals surface area contributed by atoms with Crippen molar-refractivity contribution in [1.29, 1.82) is 0 Å². The Morgan fingerprint density at radius 3 is 2.50 bits per heavy atom. The molecule has 1 saturated heterocycles. The van der Waals surface area contributed by atoms with Gasteiger partial charge in [-0.1, -0.05) is 26.0 Å². The third-order valence-corrected chi connectivity index (χ3v) is 4.79. The summed E-state index contributed by atoms with van der Waals surface area (Å²) in [6, 6.07) is 4.44. The first-order valence-corrected chi connectivity index (χ1v) is 7.36. The lowest BCUT2D eigenvalue weighted by atomic mass is 9.80. The molecule has 0 unspecified atom stereocenters. The standard InChI is InChI=1S/C15H23BFNO2/c1-3-15(4-2)7-8-18(11-15)10-12-5-6-13(16(19)20)9-14(12)17/h5-6,9,19-20H,3-4,7-8,10-11H2,1-2H3. The van der Waals surface area contributed by atoms with Crippen molar-refractivity contribution in [2.75, 3.05) is 13.1 Å². The molecule has 1 aromatic rings. The lowest BCUT2D eigenvalue weighted by Crippen LogP contribution is -2.31. The molecule has 5 heteroatoms. The molecule has 0 atom stereocenters. The molecule has 110 valence electrons. The number of nitrogens with zero attached hydrogens (tertiary/aromatic N) is 1. The van der Waals surface area contributed by atoms with Crippen LogP contribution in [-0.2, 0) is 6.54 Å². The summed E-state index contributed by atoms with van der Waals surface area (Å²) < 4.78 is 14.0. The average molecular weight is 279 g/mol. The molecule has 20 heavy (non-hydrogen) atoms. The summed E-state index contributed by atoms with van der Waals surface area (Å²) in [5.74, 6) is -0.360. The highest BCUT2D eigenvalue weighted by molar-refractivity contribution is 6.58. The fourth-order valence-electron chi connectivity index (χ4n) is 3.08. The van der Waals surface area contributed by atoms with Crippen LogP contribution in [0, 0.1) is 11.2 Å². The lowest BCUT2D eigenvalue weighted by molar-refractivity contribution is 0.234. The highest BCUT2D eigenvalue weighted by Gasteiger charge is 2.34. The number of halogens is 1. The Labute approximate surface area is 120 Å². The third-order valence-electron chi connectivity index (χ3n) is 4.79. The Kier molecular flexibility index (Phi) is 4.84. The molecule has 3 nitrogen and oxygen atoms in total. The maximum absolute atomic E-state index is 14.0. The minimum Gasteiger partial charge on any atom is -0.423 e. The summed E-state index contributed by atoms with van der Waals surface area (Å²) in [6.45, 7) is 7.07. The predicted octanol–water partition coefficient (Wildman–Crippen LogP) is 1.52. The maximum Gasteiger partial charge on any atom is 0.488 e. The van der Waals surface area contributed by atoms with E-state index >= 15 is 0 Å². The van der Waals surface area contributed by atoms with E-state index in [1.807, 2.05) is 0 Å². The molecule has 0 spiro atoms. The summed E-state index contributed by atoms with van der Waals surface area (Å²) in [5.41, 5.74) is 1.21. The average Bonchev–Trinajstić information content (AvgIpc) is 2.85. The van der Waals surface area contributed by atoms with Crippen LogP contribution in [0.5, 0.6) is 0 Å². The topological polar surface area (TPSA) is 43.7 Å². The molecule has 0 saturated carbocycles. The summed E-state index contributed by atoms with van der Waals surface area (Å²) >= 11 is 0. The van der Waals surface area contributed by atoms with Crippen LogP contribution in [0.4, 0.5) is 4.39 Å². The smallest absolute Gasteiger partial charge is 0.423 e. The van der Waals surface area contributed by atoms with Crippen LogP contribution >= 0.6 is 0 Å². The molecule has 0 aromatic heterocycles. The molecule has 1 aliphatic heterocycles. The van der Waals surface area contributed by atoms with E-state index in [1.165, 1.54) is 12.5 Å². The van der Waals surface area contributed by atoms with Crippen molar-refractivity contribution in [2.24, 2.45) is 5.41 Å². The Hall–Kier alpha value is -0.905. The second kappa shape index (κ2) is 6.25. The van der Waals surface area contributed by atoms with Gasteiger partial charge in [0.1, 0.15) is 5.82 Å². The van der Waals surface area contributed by atoms with E-state index in [0.29, 0.717) is 17.5 Å². The van der Waals surface area contributed by atoms with Crippen molar-refractivity contribution in [1.82, 2.24) is 4.90 Å². The molecule has 0 aliphatic carbocycles. The van der Waals surface area contributed by atoms with Gasteiger partial charge in [-0.2, -0.15) is 0 Å². The Balaban J connectivity index is 2.05. The van der Waals surface area contributed by atoms with Gasteiger partial charge < -0.3 is 10.0 Å². The molecule has 0 bridgehead atoms. The quantitative estimate of drug-likeness (QED) is 0.803. The number of hydrogen-bond acceptors (Lipinski definition) is 3. The van der Waals surface area contributed by atoms with Gasteiger partial charge in [0.15, 0.2) is 0 Å². The highest BCUT2D eigenvalue weighted by atomic mass is 19.1. The second-order valence-electron chi connectivity index (χ2n) is 5.89. The normalized spacial score (nSPS) is 18.4. The number of likely N-dealkylation sites (tertiary alicyclic amines) is 1. The van der Waals surface area contributed by atoms with E-state index in [0.717, 1.165) is 25.9 Å².